The van der Waals surface area contributed by atoms with Gasteiger partial charge >= 0.3 is 6.36 Å². The number of benzene rings is 2. The molecule has 0 aliphatic rings. The molecule has 2 N–H and O–H groups in total. The van der Waals surface area contributed by atoms with Crippen LogP contribution in [0, 0.1) is 11.3 Å². The monoisotopic (exact) mass is 494 g/mol. The molecule has 1 atom stereocenters. The van der Waals surface area contributed by atoms with Gasteiger partial charge in [-0.25, -0.2) is 4.68 Å². The number of carbonyl (C=O) groups excluding carboxylic acids is 1. The predicted octanol–water partition coefficient (Wildman–Crippen LogP) is 5.35. The number of aromatic nitrogens is 2. The first-order valence-electron chi connectivity index (χ1n) is 10.4. The standard InChI is InChI=1S/C23H22ClF3N4O3/c1-3-4-9-33-21-17-7-5-14(24)10-19(17)30-31(21)13-22(2,12-28)18-11-15(34-23(25,26)27)6-8-16(18)20(29)32/h5-8,10-11H,3-4,9,13H2,1-2H3,(H2,29,32). The molecule has 7 nitrogen and oxygen atoms in total. The summed E-state index contributed by atoms with van der Waals surface area (Å²) >= 11 is 6.09. The van der Waals surface area contributed by atoms with Gasteiger partial charge in [0.05, 0.1) is 35.5 Å². The zero-order valence-electron chi connectivity index (χ0n) is 18.4. The van der Waals surface area contributed by atoms with E-state index in [0.717, 1.165) is 31.0 Å². The minimum Gasteiger partial charge on any atom is -0.477 e. The first kappa shape index (κ1) is 25.2. The molecule has 11 heteroatoms. The summed E-state index contributed by atoms with van der Waals surface area (Å²) in [6, 6.07) is 10.2. The van der Waals surface area contributed by atoms with Gasteiger partial charge in [0.25, 0.3) is 0 Å². The molecular formula is C23H22ClF3N4O3. The first-order chi connectivity index (χ1) is 16.0. The summed E-state index contributed by atoms with van der Waals surface area (Å²) in [6.07, 6.45) is -3.28. The minimum atomic E-state index is -4.95. The summed E-state index contributed by atoms with van der Waals surface area (Å²) in [6.45, 7) is 3.73. The molecule has 0 bridgehead atoms. The summed E-state index contributed by atoms with van der Waals surface area (Å²) in [5, 5.41) is 15.7. The van der Waals surface area contributed by atoms with Gasteiger partial charge in [0.2, 0.25) is 11.8 Å². The Hall–Kier alpha value is -3.45. The number of amides is 1. The summed E-state index contributed by atoms with van der Waals surface area (Å²) in [7, 11) is 0. The second kappa shape index (κ2) is 9.81. The number of alkyl halides is 3. The molecule has 0 saturated heterocycles. The van der Waals surface area contributed by atoms with Crippen LogP contribution < -0.4 is 15.2 Å². The van der Waals surface area contributed by atoms with Crippen LogP contribution in [0.25, 0.3) is 10.9 Å². The van der Waals surface area contributed by atoms with E-state index in [1.807, 2.05) is 6.92 Å². The van der Waals surface area contributed by atoms with Crippen LogP contribution in [0.2, 0.25) is 5.02 Å². The Bertz CT molecular complexity index is 1250. The Labute approximate surface area is 198 Å². The van der Waals surface area contributed by atoms with Crippen molar-refractivity contribution in [3.8, 4) is 17.7 Å². The number of nitriles is 1. The van der Waals surface area contributed by atoms with Crippen molar-refractivity contribution in [2.24, 2.45) is 5.73 Å². The van der Waals surface area contributed by atoms with Crippen LogP contribution >= 0.6 is 11.6 Å². The van der Waals surface area contributed by atoms with Crippen LogP contribution in [-0.4, -0.2) is 28.7 Å². The lowest BCUT2D eigenvalue weighted by Gasteiger charge is -2.25. The SMILES string of the molecule is CCCCOc1c2ccc(Cl)cc2nn1CC(C)(C#N)c1cc(OC(F)(F)F)ccc1C(N)=O. The lowest BCUT2D eigenvalue weighted by atomic mass is 9.80. The largest absolute Gasteiger partial charge is 0.573 e. The van der Waals surface area contributed by atoms with Crippen LogP contribution in [0.5, 0.6) is 11.6 Å². The number of fused-ring (bicyclic) bond motifs is 1. The summed E-state index contributed by atoms with van der Waals surface area (Å²) < 4.78 is 49.8. The number of carbonyl (C=O) groups is 1. The molecule has 180 valence electrons. The molecule has 1 heterocycles. The van der Waals surface area contributed by atoms with E-state index in [-0.39, 0.29) is 17.7 Å². The van der Waals surface area contributed by atoms with Crippen molar-refractivity contribution in [2.75, 3.05) is 6.61 Å². The van der Waals surface area contributed by atoms with Gasteiger partial charge in [0.1, 0.15) is 5.75 Å². The van der Waals surface area contributed by atoms with Crippen molar-refractivity contribution in [3.63, 3.8) is 0 Å². The zero-order chi connectivity index (χ0) is 25.1. The van der Waals surface area contributed by atoms with Crippen molar-refractivity contribution in [3.05, 3.63) is 52.5 Å². The van der Waals surface area contributed by atoms with Crippen LogP contribution in [0.3, 0.4) is 0 Å². The second-order valence-corrected chi connectivity index (χ2v) is 8.33. The molecule has 1 unspecified atom stereocenters. The van der Waals surface area contributed by atoms with E-state index in [2.05, 4.69) is 15.9 Å². The Morgan fingerprint density at radius 1 is 1.26 bits per heavy atom. The van der Waals surface area contributed by atoms with E-state index in [9.17, 15) is 23.2 Å². The Morgan fingerprint density at radius 3 is 2.62 bits per heavy atom. The molecule has 0 aliphatic carbocycles. The minimum absolute atomic E-state index is 0.0265. The molecule has 1 aromatic heterocycles. The zero-order valence-corrected chi connectivity index (χ0v) is 19.2. The van der Waals surface area contributed by atoms with Crippen molar-refractivity contribution in [1.82, 2.24) is 9.78 Å². The number of nitrogens with zero attached hydrogens (tertiary/aromatic N) is 3. The number of hydrogen-bond acceptors (Lipinski definition) is 5. The van der Waals surface area contributed by atoms with Gasteiger partial charge in [-0.2, -0.15) is 10.4 Å². The molecule has 3 rings (SSSR count). The number of primary amides is 1. The van der Waals surface area contributed by atoms with Gasteiger partial charge in [0, 0.05) is 10.6 Å². The molecule has 1 amide bonds. The van der Waals surface area contributed by atoms with Gasteiger partial charge in [-0.15, -0.1) is 13.2 Å². The number of ether oxygens (including phenoxy) is 2. The number of nitrogens with two attached hydrogens (primary N) is 1. The lowest BCUT2D eigenvalue weighted by Crippen LogP contribution is -2.31. The third kappa shape index (κ3) is 5.54. The van der Waals surface area contributed by atoms with Gasteiger partial charge < -0.3 is 15.2 Å². The van der Waals surface area contributed by atoms with Crippen molar-refractivity contribution >= 4 is 28.4 Å². The van der Waals surface area contributed by atoms with E-state index in [1.54, 1.807) is 18.2 Å². The molecule has 0 aliphatic heterocycles. The highest BCUT2D eigenvalue weighted by Gasteiger charge is 2.36. The van der Waals surface area contributed by atoms with Crippen LogP contribution in [0.1, 0.15) is 42.6 Å². The van der Waals surface area contributed by atoms with Crippen LogP contribution in [-0.2, 0) is 12.0 Å². The normalized spacial score (nSPS) is 13.3. The van der Waals surface area contributed by atoms with Crippen molar-refractivity contribution < 1.29 is 27.4 Å². The molecule has 0 spiro atoms. The van der Waals surface area contributed by atoms with E-state index >= 15 is 0 Å². The van der Waals surface area contributed by atoms with Gasteiger partial charge in [0.15, 0.2) is 0 Å². The van der Waals surface area contributed by atoms with E-state index in [0.29, 0.717) is 28.4 Å². The molecule has 0 radical (unpaired) electrons. The van der Waals surface area contributed by atoms with Gasteiger partial charge in [-0.1, -0.05) is 24.9 Å². The highest BCUT2D eigenvalue weighted by Crippen LogP contribution is 2.36. The number of rotatable bonds is 9. The maximum absolute atomic E-state index is 12.8. The van der Waals surface area contributed by atoms with E-state index in [4.69, 9.17) is 22.1 Å². The van der Waals surface area contributed by atoms with Gasteiger partial charge in [-0.05, 0) is 55.3 Å². The third-order valence-corrected chi connectivity index (χ3v) is 5.42. The maximum atomic E-state index is 12.8. The lowest BCUT2D eigenvalue weighted by molar-refractivity contribution is -0.274. The maximum Gasteiger partial charge on any atom is 0.573 e. The number of unbranched alkanes of at least 4 members (excludes halogenated alkanes) is 1. The number of hydrogen-bond donors (Lipinski definition) is 1. The quantitative estimate of drug-likeness (QED) is 0.404. The van der Waals surface area contributed by atoms with E-state index in [1.165, 1.54) is 11.6 Å². The average Bonchev–Trinajstić information content (AvgIpc) is 3.08. The predicted molar refractivity (Wildman–Crippen MR) is 120 cm³/mol. The molecule has 0 fully saturated rings. The highest BCUT2D eigenvalue weighted by molar-refractivity contribution is 6.31. The fraction of sp³-hybridized carbons (Fsp3) is 0.348. The third-order valence-electron chi connectivity index (χ3n) is 5.19. The Balaban J connectivity index is 2.12. The highest BCUT2D eigenvalue weighted by atomic mass is 35.5. The van der Waals surface area contributed by atoms with Crippen molar-refractivity contribution in [2.45, 2.75) is 45.0 Å². The Morgan fingerprint density at radius 2 is 2.00 bits per heavy atom. The molecule has 2 aromatic carbocycles. The summed E-state index contributed by atoms with van der Waals surface area (Å²) in [4.78, 5) is 12.0. The molecule has 34 heavy (non-hydrogen) atoms. The summed E-state index contributed by atoms with van der Waals surface area (Å²) in [5.41, 5.74) is 4.31. The average molecular weight is 495 g/mol. The molecule has 0 saturated carbocycles. The smallest absolute Gasteiger partial charge is 0.477 e. The van der Waals surface area contributed by atoms with Crippen LogP contribution in [0.4, 0.5) is 13.2 Å². The second-order valence-electron chi connectivity index (χ2n) is 7.89. The van der Waals surface area contributed by atoms with Gasteiger partial charge in [-0.3, -0.25) is 4.79 Å². The fourth-order valence-electron chi connectivity index (χ4n) is 3.53. The van der Waals surface area contributed by atoms with Crippen molar-refractivity contribution in [1.29, 1.82) is 5.26 Å². The Kier molecular flexibility index (Phi) is 7.26. The fourth-order valence-corrected chi connectivity index (χ4v) is 3.69. The molecule has 3 aromatic rings. The first-order valence-corrected chi connectivity index (χ1v) is 10.8. The number of halogens is 4. The topological polar surface area (TPSA) is 103 Å². The summed E-state index contributed by atoms with van der Waals surface area (Å²) in [5.74, 6) is -1.09. The van der Waals surface area contributed by atoms with Crippen LogP contribution in [0.15, 0.2) is 36.4 Å². The van der Waals surface area contributed by atoms with E-state index < -0.39 is 23.4 Å². The molecular weight excluding hydrogens is 473 g/mol.